The second-order valence-electron chi connectivity index (χ2n) is 5.13. The molecule has 108 valence electrons. The molecule has 1 amide bonds. The Hall–Kier alpha value is -2.15. The fourth-order valence-electron chi connectivity index (χ4n) is 1.92. The highest BCUT2D eigenvalue weighted by molar-refractivity contribution is 5.95. The minimum atomic E-state index is -0.548. The number of rotatable bonds is 5. The molecule has 1 aromatic carbocycles. The van der Waals surface area contributed by atoms with Gasteiger partial charge in [-0.05, 0) is 6.07 Å². The summed E-state index contributed by atoms with van der Waals surface area (Å²) in [5, 5.41) is 13.6. The molecular weight excluding hydrogens is 264 g/mol. The van der Waals surface area contributed by atoms with Gasteiger partial charge in [0.05, 0.1) is 25.2 Å². The number of benzene rings is 1. The van der Waals surface area contributed by atoms with Crippen LogP contribution in [0.2, 0.25) is 0 Å². The number of hydrogen-bond donors (Lipinski definition) is 1. The maximum atomic E-state index is 12.0. The summed E-state index contributed by atoms with van der Waals surface area (Å²) < 4.78 is 10.0. The number of ether oxygens (including phenoxy) is 2. The number of nitrogens with one attached hydrogen (secondary N) is 1. The maximum absolute atomic E-state index is 12.0. The van der Waals surface area contributed by atoms with Gasteiger partial charge in [0.2, 0.25) is 0 Å². The molecule has 7 nitrogen and oxygen atoms in total. The largest absolute Gasteiger partial charge is 0.490 e. The quantitative estimate of drug-likeness (QED) is 0.649. The molecule has 0 aliphatic carbocycles. The summed E-state index contributed by atoms with van der Waals surface area (Å²) in [7, 11) is 1.33. The zero-order chi connectivity index (χ0) is 14.8. The lowest BCUT2D eigenvalue weighted by Gasteiger charge is -2.38. The summed E-state index contributed by atoms with van der Waals surface area (Å²) in [5.41, 5.74) is 0.139. The molecule has 0 atom stereocenters. The third kappa shape index (κ3) is 2.88. The van der Waals surface area contributed by atoms with Crippen LogP contribution < -0.4 is 10.1 Å². The lowest BCUT2D eigenvalue weighted by Crippen LogP contribution is -2.48. The third-order valence-corrected chi connectivity index (χ3v) is 3.22. The zero-order valence-electron chi connectivity index (χ0n) is 11.3. The Labute approximate surface area is 116 Å². The van der Waals surface area contributed by atoms with E-state index in [0.717, 1.165) is 0 Å². The predicted octanol–water partition coefficient (Wildman–Crippen LogP) is 1.37. The number of nitro benzene ring substituents is 1. The van der Waals surface area contributed by atoms with E-state index in [1.165, 1.54) is 25.3 Å². The Bertz CT molecular complexity index is 540. The van der Waals surface area contributed by atoms with Crippen molar-refractivity contribution in [3.63, 3.8) is 0 Å². The van der Waals surface area contributed by atoms with Gasteiger partial charge in [-0.2, -0.15) is 0 Å². The molecule has 1 N–H and O–H groups in total. The van der Waals surface area contributed by atoms with Gasteiger partial charge in [-0.1, -0.05) is 6.92 Å². The first-order chi connectivity index (χ1) is 9.45. The smallest absolute Gasteiger partial charge is 0.310 e. The number of carbonyl (C=O) groups is 1. The monoisotopic (exact) mass is 280 g/mol. The zero-order valence-corrected chi connectivity index (χ0v) is 11.3. The van der Waals surface area contributed by atoms with E-state index >= 15 is 0 Å². The first kappa shape index (κ1) is 14.3. The van der Waals surface area contributed by atoms with Crippen molar-refractivity contribution in [2.24, 2.45) is 5.41 Å². The van der Waals surface area contributed by atoms with Gasteiger partial charge in [-0.25, -0.2) is 0 Å². The van der Waals surface area contributed by atoms with Crippen LogP contribution in [0.5, 0.6) is 5.75 Å². The van der Waals surface area contributed by atoms with Crippen LogP contribution in [-0.4, -0.2) is 37.7 Å². The Morgan fingerprint density at radius 1 is 1.55 bits per heavy atom. The van der Waals surface area contributed by atoms with Crippen molar-refractivity contribution in [3.8, 4) is 5.75 Å². The van der Waals surface area contributed by atoms with Gasteiger partial charge >= 0.3 is 5.69 Å². The topological polar surface area (TPSA) is 90.7 Å². The minimum absolute atomic E-state index is 0.0273. The van der Waals surface area contributed by atoms with Crippen LogP contribution in [0, 0.1) is 15.5 Å². The normalized spacial score (nSPS) is 16.1. The van der Waals surface area contributed by atoms with E-state index in [-0.39, 0.29) is 22.8 Å². The summed E-state index contributed by atoms with van der Waals surface area (Å²) in [5.74, 6) is -0.216. The van der Waals surface area contributed by atoms with Gasteiger partial charge < -0.3 is 14.8 Å². The molecule has 0 radical (unpaired) electrons. The van der Waals surface area contributed by atoms with E-state index in [2.05, 4.69) is 5.32 Å². The molecule has 1 saturated heterocycles. The molecular formula is C13H16N2O5. The summed E-state index contributed by atoms with van der Waals surface area (Å²) in [6.45, 7) is 3.77. The van der Waals surface area contributed by atoms with Gasteiger partial charge in [0, 0.05) is 29.7 Å². The number of hydrogen-bond acceptors (Lipinski definition) is 5. The van der Waals surface area contributed by atoms with Crippen molar-refractivity contribution in [1.29, 1.82) is 0 Å². The van der Waals surface area contributed by atoms with Crippen molar-refractivity contribution in [3.05, 3.63) is 33.9 Å². The Morgan fingerprint density at radius 2 is 2.25 bits per heavy atom. The van der Waals surface area contributed by atoms with Crippen molar-refractivity contribution in [2.75, 3.05) is 26.9 Å². The number of carbonyl (C=O) groups excluding carboxylic acids is 1. The van der Waals surface area contributed by atoms with Crippen LogP contribution in [-0.2, 0) is 4.74 Å². The molecule has 1 aliphatic heterocycles. The van der Waals surface area contributed by atoms with Gasteiger partial charge in [0.15, 0.2) is 5.75 Å². The summed E-state index contributed by atoms with van der Waals surface area (Å²) >= 11 is 0. The van der Waals surface area contributed by atoms with Crippen molar-refractivity contribution in [1.82, 2.24) is 5.32 Å². The van der Waals surface area contributed by atoms with E-state index in [1.807, 2.05) is 6.92 Å². The molecule has 0 spiro atoms. The first-order valence-corrected chi connectivity index (χ1v) is 6.13. The molecule has 1 heterocycles. The van der Waals surface area contributed by atoms with Crippen LogP contribution in [0.3, 0.4) is 0 Å². The Balaban J connectivity index is 2.08. The number of amides is 1. The lowest BCUT2D eigenvalue weighted by molar-refractivity contribution is -0.385. The first-order valence-electron chi connectivity index (χ1n) is 6.13. The van der Waals surface area contributed by atoms with Gasteiger partial charge in [0.1, 0.15) is 0 Å². The van der Waals surface area contributed by atoms with E-state index in [1.54, 1.807) is 0 Å². The molecule has 1 aliphatic rings. The van der Waals surface area contributed by atoms with Crippen LogP contribution in [0.25, 0.3) is 0 Å². The van der Waals surface area contributed by atoms with E-state index in [4.69, 9.17) is 9.47 Å². The summed E-state index contributed by atoms with van der Waals surface area (Å²) in [6.07, 6.45) is 0. The van der Waals surface area contributed by atoms with E-state index < -0.39 is 4.92 Å². The van der Waals surface area contributed by atoms with E-state index in [0.29, 0.717) is 25.3 Å². The second kappa shape index (κ2) is 5.46. The standard InChI is InChI=1S/C13H16N2O5/c1-13(7-20-8-13)6-14-12(16)9-3-4-10(15(17)18)11(5-9)19-2/h3-5H,6-8H2,1-2H3,(H,14,16). The van der Waals surface area contributed by atoms with Crippen molar-refractivity contribution >= 4 is 11.6 Å². The maximum Gasteiger partial charge on any atom is 0.310 e. The lowest BCUT2D eigenvalue weighted by atomic mass is 9.88. The second-order valence-corrected chi connectivity index (χ2v) is 5.13. The van der Waals surface area contributed by atoms with Crippen LogP contribution >= 0.6 is 0 Å². The molecule has 1 aromatic rings. The van der Waals surface area contributed by atoms with Gasteiger partial charge in [-0.3, -0.25) is 14.9 Å². The third-order valence-electron chi connectivity index (χ3n) is 3.22. The Kier molecular flexibility index (Phi) is 3.89. The average molecular weight is 280 g/mol. The molecule has 0 saturated carbocycles. The van der Waals surface area contributed by atoms with Crippen LogP contribution in [0.1, 0.15) is 17.3 Å². The molecule has 7 heteroatoms. The molecule has 1 fully saturated rings. The average Bonchev–Trinajstić information content (AvgIpc) is 2.41. The highest BCUT2D eigenvalue weighted by atomic mass is 16.6. The fourth-order valence-corrected chi connectivity index (χ4v) is 1.92. The fraction of sp³-hybridized carbons (Fsp3) is 0.462. The van der Waals surface area contributed by atoms with Gasteiger partial charge in [-0.15, -0.1) is 0 Å². The molecule has 0 unspecified atom stereocenters. The summed E-state index contributed by atoms with van der Waals surface area (Å²) in [6, 6.07) is 4.05. The van der Waals surface area contributed by atoms with Gasteiger partial charge in [0.25, 0.3) is 5.91 Å². The van der Waals surface area contributed by atoms with Crippen molar-refractivity contribution < 1.29 is 19.2 Å². The molecule has 20 heavy (non-hydrogen) atoms. The van der Waals surface area contributed by atoms with Crippen molar-refractivity contribution in [2.45, 2.75) is 6.92 Å². The number of nitrogens with zero attached hydrogens (tertiary/aromatic N) is 1. The minimum Gasteiger partial charge on any atom is -0.490 e. The van der Waals surface area contributed by atoms with E-state index in [9.17, 15) is 14.9 Å². The molecule has 2 rings (SSSR count). The number of methoxy groups -OCH3 is 1. The highest BCUT2D eigenvalue weighted by Gasteiger charge is 2.33. The SMILES string of the molecule is COc1cc(C(=O)NCC2(C)COC2)ccc1[N+](=O)[O-]. The number of nitro groups is 1. The molecule has 0 aromatic heterocycles. The Morgan fingerprint density at radius 3 is 2.75 bits per heavy atom. The van der Waals surface area contributed by atoms with Crippen LogP contribution in [0.15, 0.2) is 18.2 Å². The molecule has 0 bridgehead atoms. The predicted molar refractivity (Wildman–Crippen MR) is 70.9 cm³/mol. The van der Waals surface area contributed by atoms with Crippen LogP contribution in [0.4, 0.5) is 5.69 Å². The summed E-state index contributed by atoms with van der Waals surface area (Å²) in [4.78, 5) is 22.2. The highest BCUT2D eigenvalue weighted by Crippen LogP contribution is 2.28.